The summed E-state index contributed by atoms with van der Waals surface area (Å²) < 4.78 is 12.5. The van der Waals surface area contributed by atoms with Crippen LogP contribution in [0.5, 0.6) is 11.5 Å². The number of nitrogens with zero attached hydrogens (tertiary/aromatic N) is 2. The smallest absolute Gasteiger partial charge is 0.280 e. The summed E-state index contributed by atoms with van der Waals surface area (Å²) in [5.41, 5.74) is 1.55. The number of hydrogen-bond donors (Lipinski definition) is 1. The molecule has 0 aliphatic rings. The summed E-state index contributed by atoms with van der Waals surface area (Å²) in [6, 6.07) is 14.6. The third kappa shape index (κ3) is 4.41. The van der Waals surface area contributed by atoms with Crippen LogP contribution < -0.4 is 14.8 Å². The molecular weight excluding hydrogens is 366 g/mol. The van der Waals surface area contributed by atoms with Crippen LogP contribution in [-0.2, 0) is 0 Å². The van der Waals surface area contributed by atoms with Crippen molar-refractivity contribution in [1.29, 1.82) is 0 Å². The first-order chi connectivity index (χ1) is 13.0. The van der Waals surface area contributed by atoms with Gasteiger partial charge >= 0.3 is 0 Å². The number of rotatable bonds is 6. The van der Waals surface area contributed by atoms with Gasteiger partial charge in [0.05, 0.1) is 30.1 Å². The Hall–Kier alpha value is -2.99. The molecule has 1 aromatic heterocycles. The molecule has 7 heteroatoms. The number of halogens is 1. The van der Waals surface area contributed by atoms with E-state index in [2.05, 4.69) is 10.4 Å². The molecule has 0 unspecified atom stereocenters. The molecule has 1 N–H and O–H groups in total. The highest BCUT2D eigenvalue weighted by atomic mass is 35.5. The lowest BCUT2D eigenvalue weighted by atomic mass is 10.2. The maximum absolute atomic E-state index is 12.7. The second-order valence-corrected chi connectivity index (χ2v) is 6.50. The van der Waals surface area contributed by atoms with E-state index in [4.69, 9.17) is 21.1 Å². The quantitative estimate of drug-likeness (QED) is 0.674. The molecular formula is C20H20ClN3O3. The summed E-state index contributed by atoms with van der Waals surface area (Å²) in [6.45, 7) is 3.84. The first-order valence-corrected chi connectivity index (χ1v) is 8.82. The summed E-state index contributed by atoms with van der Waals surface area (Å²) >= 11 is 6.22. The molecule has 0 aliphatic heterocycles. The van der Waals surface area contributed by atoms with E-state index in [-0.39, 0.29) is 11.8 Å². The largest absolute Gasteiger partial charge is 0.493 e. The molecule has 0 aliphatic carbocycles. The van der Waals surface area contributed by atoms with Crippen LogP contribution in [0, 0.1) is 0 Å². The highest BCUT2D eigenvalue weighted by Crippen LogP contribution is 2.29. The van der Waals surface area contributed by atoms with Crippen molar-refractivity contribution < 1.29 is 14.3 Å². The molecule has 3 rings (SSSR count). The van der Waals surface area contributed by atoms with Crippen LogP contribution in [0.4, 0.5) is 5.69 Å². The summed E-state index contributed by atoms with van der Waals surface area (Å²) in [5.74, 6) is 0.549. The van der Waals surface area contributed by atoms with Crippen molar-refractivity contribution in [3.63, 3.8) is 0 Å². The van der Waals surface area contributed by atoms with Gasteiger partial charge in [0, 0.05) is 5.69 Å². The molecule has 140 valence electrons. The maximum atomic E-state index is 12.7. The summed E-state index contributed by atoms with van der Waals surface area (Å²) in [5, 5.41) is 7.55. The molecule has 3 aromatic rings. The first kappa shape index (κ1) is 18.8. The standard InChI is InChI=1S/C20H20ClN3O3/c1-13(2)27-17-10-9-14(11-16(17)21)22-20(25)19-18(26-3)12-24(23-19)15-7-5-4-6-8-15/h4-13H,1-3H3,(H,22,25). The summed E-state index contributed by atoms with van der Waals surface area (Å²) in [4.78, 5) is 12.7. The monoisotopic (exact) mass is 385 g/mol. The van der Waals surface area contributed by atoms with E-state index in [9.17, 15) is 4.79 Å². The van der Waals surface area contributed by atoms with Gasteiger partial charge in [0.25, 0.3) is 5.91 Å². The zero-order valence-corrected chi connectivity index (χ0v) is 16.0. The average Bonchev–Trinajstić information content (AvgIpc) is 3.09. The molecule has 0 saturated heterocycles. The SMILES string of the molecule is COc1cn(-c2ccccc2)nc1C(=O)Nc1ccc(OC(C)C)c(Cl)c1. The van der Waals surface area contributed by atoms with Crippen molar-refractivity contribution in [1.82, 2.24) is 9.78 Å². The van der Waals surface area contributed by atoms with Gasteiger partial charge in [0.15, 0.2) is 11.4 Å². The van der Waals surface area contributed by atoms with Gasteiger partial charge in [-0.05, 0) is 44.2 Å². The highest BCUT2D eigenvalue weighted by molar-refractivity contribution is 6.32. The van der Waals surface area contributed by atoms with Crippen molar-refractivity contribution in [2.45, 2.75) is 20.0 Å². The van der Waals surface area contributed by atoms with Gasteiger partial charge in [-0.2, -0.15) is 5.10 Å². The Morgan fingerprint density at radius 1 is 1.15 bits per heavy atom. The number of benzene rings is 2. The minimum atomic E-state index is -0.393. The number of carbonyl (C=O) groups excluding carboxylic acids is 1. The molecule has 0 radical (unpaired) electrons. The first-order valence-electron chi connectivity index (χ1n) is 8.44. The van der Waals surface area contributed by atoms with Gasteiger partial charge in [-0.1, -0.05) is 29.8 Å². The average molecular weight is 386 g/mol. The van der Waals surface area contributed by atoms with E-state index < -0.39 is 5.91 Å². The predicted molar refractivity (Wildman–Crippen MR) is 105 cm³/mol. The minimum Gasteiger partial charge on any atom is -0.493 e. The van der Waals surface area contributed by atoms with Crippen molar-refractivity contribution in [3.8, 4) is 17.2 Å². The van der Waals surface area contributed by atoms with Crippen molar-refractivity contribution in [2.24, 2.45) is 0 Å². The lowest BCUT2D eigenvalue weighted by molar-refractivity contribution is 0.101. The Kier molecular flexibility index (Phi) is 5.66. The van der Waals surface area contributed by atoms with Crippen LogP contribution in [0.2, 0.25) is 5.02 Å². The van der Waals surface area contributed by atoms with Gasteiger partial charge in [-0.3, -0.25) is 4.79 Å². The Bertz CT molecular complexity index is 939. The summed E-state index contributed by atoms with van der Waals surface area (Å²) in [7, 11) is 1.50. The van der Waals surface area contributed by atoms with Gasteiger partial charge in [-0.25, -0.2) is 4.68 Å². The normalized spacial score (nSPS) is 10.7. The topological polar surface area (TPSA) is 65.4 Å². The van der Waals surface area contributed by atoms with Crippen molar-refractivity contribution in [2.75, 3.05) is 12.4 Å². The van der Waals surface area contributed by atoms with Crippen LogP contribution in [0.3, 0.4) is 0 Å². The Morgan fingerprint density at radius 3 is 2.52 bits per heavy atom. The number of aromatic nitrogens is 2. The van der Waals surface area contributed by atoms with Gasteiger partial charge in [-0.15, -0.1) is 0 Å². The van der Waals surface area contributed by atoms with Crippen LogP contribution in [-0.4, -0.2) is 28.9 Å². The molecule has 0 fully saturated rings. The predicted octanol–water partition coefficient (Wildman–Crippen LogP) is 4.57. The molecule has 6 nitrogen and oxygen atoms in total. The number of amides is 1. The molecule has 0 saturated carbocycles. The van der Waals surface area contributed by atoms with Crippen LogP contribution in [0.25, 0.3) is 5.69 Å². The number of ether oxygens (including phenoxy) is 2. The summed E-state index contributed by atoms with van der Waals surface area (Å²) in [6.07, 6.45) is 1.67. The van der Waals surface area contributed by atoms with Crippen molar-refractivity contribution in [3.05, 3.63) is 65.4 Å². The number of nitrogens with one attached hydrogen (secondary N) is 1. The third-order valence-electron chi connectivity index (χ3n) is 3.69. The Balaban J connectivity index is 1.82. The van der Waals surface area contributed by atoms with E-state index in [1.165, 1.54) is 7.11 Å². The molecule has 1 amide bonds. The van der Waals surface area contributed by atoms with Crippen molar-refractivity contribution >= 4 is 23.2 Å². The van der Waals surface area contributed by atoms with E-state index in [1.54, 1.807) is 29.1 Å². The number of hydrogen-bond acceptors (Lipinski definition) is 4. The van der Waals surface area contributed by atoms with Crippen LogP contribution in [0.15, 0.2) is 54.7 Å². The molecule has 27 heavy (non-hydrogen) atoms. The minimum absolute atomic E-state index is 0.00848. The second kappa shape index (κ2) is 8.14. The fourth-order valence-corrected chi connectivity index (χ4v) is 2.72. The number of methoxy groups -OCH3 is 1. The number of para-hydroxylation sites is 1. The third-order valence-corrected chi connectivity index (χ3v) is 3.98. The molecule has 0 atom stereocenters. The maximum Gasteiger partial charge on any atom is 0.280 e. The van der Waals surface area contributed by atoms with Crippen LogP contribution >= 0.6 is 11.6 Å². The Morgan fingerprint density at radius 2 is 1.89 bits per heavy atom. The van der Waals surface area contributed by atoms with Gasteiger partial charge in [0.2, 0.25) is 0 Å². The lowest BCUT2D eigenvalue weighted by Crippen LogP contribution is -2.14. The van der Waals surface area contributed by atoms with E-state index in [0.717, 1.165) is 5.69 Å². The molecule has 2 aromatic carbocycles. The lowest BCUT2D eigenvalue weighted by Gasteiger charge is -2.12. The molecule has 0 bridgehead atoms. The second-order valence-electron chi connectivity index (χ2n) is 6.09. The van der Waals surface area contributed by atoms with Gasteiger partial charge in [0.1, 0.15) is 5.75 Å². The Labute approximate surface area is 162 Å². The zero-order valence-electron chi connectivity index (χ0n) is 15.3. The van der Waals surface area contributed by atoms with E-state index in [1.807, 2.05) is 44.2 Å². The van der Waals surface area contributed by atoms with Crippen LogP contribution in [0.1, 0.15) is 24.3 Å². The zero-order chi connectivity index (χ0) is 19.4. The molecule has 0 spiro atoms. The fraction of sp³-hybridized carbons (Fsp3) is 0.200. The fourth-order valence-electron chi connectivity index (χ4n) is 2.50. The number of anilines is 1. The van der Waals surface area contributed by atoms with Gasteiger partial charge < -0.3 is 14.8 Å². The van der Waals surface area contributed by atoms with E-state index >= 15 is 0 Å². The highest BCUT2D eigenvalue weighted by Gasteiger charge is 2.19. The number of carbonyl (C=O) groups is 1. The molecule has 1 heterocycles. The van der Waals surface area contributed by atoms with E-state index in [0.29, 0.717) is 22.2 Å².